The predicted octanol–water partition coefficient (Wildman–Crippen LogP) is 5.96. The smallest absolute Gasteiger partial charge is 0.416 e. The highest BCUT2D eigenvalue weighted by molar-refractivity contribution is 5.79. The summed E-state index contributed by atoms with van der Waals surface area (Å²) in [6, 6.07) is 10.4. The zero-order chi connectivity index (χ0) is 20.4. The minimum absolute atomic E-state index is 0.150. The van der Waals surface area contributed by atoms with E-state index < -0.39 is 11.7 Å². The van der Waals surface area contributed by atoms with Crippen molar-refractivity contribution < 1.29 is 22.7 Å². The van der Waals surface area contributed by atoms with E-state index >= 15 is 0 Å². The highest BCUT2D eigenvalue weighted by atomic mass is 19.4. The third-order valence-electron chi connectivity index (χ3n) is 5.90. The summed E-state index contributed by atoms with van der Waals surface area (Å²) >= 11 is 0. The van der Waals surface area contributed by atoms with Gasteiger partial charge in [-0.05, 0) is 55.2 Å². The van der Waals surface area contributed by atoms with Gasteiger partial charge in [-0.25, -0.2) is 0 Å². The Morgan fingerprint density at radius 1 is 1.00 bits per heavy atom. The first-order valence-electron chi connectivity index (χ1n) is 10.2. The zero-order valence-corrected chi connectivity index (χ0v) is 16.2. The van der Waals surface area contributed by atoms with Crippen molar-refractivity contribution in [3.05, 3.63) is 59.2 Å². The van der Waals surface area contributed by atoms with Crippen LogP contribution in [0, 0.1) is 5.92 Å². The lowest BCUT2D eigenvalue weighted by Gasteiger charge is -2.33. The Morgan fingerprint density at radius 3 is 2.41 bits per heavy atom. The first-order valence-corrected chi connectivity index (χ1v) is 10.2. The molecule has 0 saturated heterocycles. The van der Waals surface area contributed by atoms with E-state index in [-0.39, 0.29) is 11.8 Å². The lowest BCUT2D eigenvalue weighted by molar-refractivity contribution is -0.138. The summed E-state index contributed by atoms with van der Waals surface area (Å²) in [6.07, 6.45) is 1.77. The number of hydrogen-bond donors (Lipinski definition) is 0. The molecule has 0 radical (unpaired) electrons. The molecule has 1 fully saturated rings. The van der Waals surface area contributed by atoms with E-state index in [1.807, 2.05) is 23.1 Å². The number of ether oxygens (including phenoxy) is 1. The van der Waals surface area contributed by atoms with Crippen LogP contribution in [0.15, 0.2) is 42.5 Å². The zero-order valence-electron chi connectivity index (χ0n) is 16.2. The number of halogens is 3. The lowest BCUT2D eigenvalue weighted by Crippen LogP contribution is -2.40. The van der Waals surface area contributed by atoms with Crippen molar-refractivity contribution in [3.63, 3.8) is 0 Å². The number of amides is 1. The number of carbonyl (C=O) groups is 1. The van der Waals surface area contributed by atoms with Crippen LogP contribution in [0.3, 0.4) is 0 Å². The van der Waals surface area contributed by atoms with Crippen LogP contribution in [0.1, 0.15) is 48.8 Å². The van der Waals surface area contributed by atoms with Gasteiger partial charge in [0.1, 0.15) is 11.5 Å². The minimum Gasteiger partial charge on any atom is -0.457 e. The number of rotatable bonds is 3. The number of benzene rings is 2. The summed E-state index contributed by atoms with van der Waals surface area (Å²) in [4.78, 5) is 14.8. The molecule has 6 heteroatoms. The number of nitrogens with zero attached hydrogens (tertiary/aromatic N) is 1. The van der Waals surface area contributed by atoms with Crippen molar-refractivity contribution in [1.29, 1.82) is 0 Å². The summed E-state index contributed by atoms with van der Waals surface area (Å²) in [5, 5.41) is 0. The SMILES string of the molecule is O=C(C1CCCCC1)N1CCc2c(cccc2Oc2ccc(C(F)(F)F)cc2)C1. The van der Waals surface area contributed by atoms with Crippen molar-refractivity contribution in [1.82, 2.24) is 4.90 Å². The molecule has 0 N–H and O–H groups in total. The average Bonchev–Trinajstić information content (AvgIpc) is 2.73. The van der Waals surface area contributed by atoms with E-state index in [1.54, 1.807) is 0 Å². The standard InChI is InChI=1S/C23H24F3NO2/c24-23(25,26)18-9-11-19(12-10-18)29-21-8-4-7-17-15-27(14-13-20(17)21)22(28)16-5-2-1-3-6-16/h4,7-12,16H,1-3,5-6,13-15H2. The molecule has 4 rings (SSSR count). The van der Waals surface area contributed by atoms with Crippen LogP contribution in [0.5, 0.6) is 11.5 Å². The summed E-state index contributed by atoms with van der Waals surface area (Å²) in [7, 11) is 0. The Labute approximate surface area is 168 Å². The Kier molecular flexibility index (Phi) is 5.52. The third-order valence-corrected chi connectivity index (χ3v) is 5.90. The molecule has 1 heterocycles. The Bertz CT molecular complexity index is 871. The third kappa shape index (κ3) is 4.41. The molecule has 1 aliphatic carbocycles. The second-order valence-electron chi connectivity index (χ2n) is 7.86. The van der Waals surface area contributed by atoms with Gasteiger partial charge in [-0.1, -0.05) is 31.4 Å². The molecule has 3 nitrogen and oxygen atoms in total. The second-order valence-corrected chi connectivity index (χ2v) is 7.86. The van der Waals surface area contributed by atoms with E-state index in [2.05, 4.69) is 0 Å². The maximum absolute atomic E-state index is 12.9. The van der Waals surface area contributed by atoms with Gasteiger partial charge in [-0.2, -0.15) is 13.2 Å². The van der Waals surface area contributed by atoms with E-state index in [1.165, 1.54) is 18.6 Å². The monoisotopic (exact) mass is 403 g/mol. The Balaban J connectivity index is 1.47. The molecule has 1 saturated carbocycles. The molecule has 2 aliphatic rings. The highest BCUT2D eigenvalue weighted by Gasteiger charge is 2.31. The number of hydrogen-bond acceptors (Lipinski definition) is 2. The molecular formula is C23H24F3NO2. The molecule has 0 unspecified atom stereocenters. The normalized spacial score (nSPS) is 17.7. The van der Waals surface area contributed by atoms with Gasteiger partial charge in [0.25, 0.3) is 0 Å². The molecule has 0 atom stereocenters. The van der Waals surface area contributed by atoms with Gasteiger partial charge in [-0.15, -0.1) is 0 Å². The largest absolute Gasteiger partial charge is 0.457 e. The fourth-order valence-electron chi connectivity index (χ4n) is 4.30. The van der Waals surface area contributed by atoms with Gasteiger partial charge in [0, 0.05) is 24.6 Å². The van der Waals surface area contributed by atoms with Crippen LogP contribution < -0.4 is 4.74 Å². The maximum Gasteiger partial charge on any atom is 0.416 e. The van der Waals surface area contributed by atoms with Crippen LogP contribution in [0.4, 0.5) is 13.2 Å². The van der Waals surface area contributed by atoms with Crippen LogP contribution in [-0.2, 0) is 23.9 Å². The van der Waals surface area contributed by atoms with E-state index in [9.17, 15) is 18.0 Å². The summed E-state index contributed by atoms with van der Waals surface area (Å²) < 4.78 is 44.1. The highest BCUT2D eigenvalue weighted by Crippen LogP contribution is 2.35. The number of carbonyl (C=O) groups excluding carboxylic acids is 1. The van der Waals surface area contributed by atoms with Crippen LogP contribution >= 0.6 is 0 Å². The van der Waals surface area contributed by atoms with Gasteiger partial charge in [0.05, 0.1) is 5.56 Å². The van der Waals surface area contributed by atoms with Crippen LogP contribution in [0.2, 0.25) is 0 Å². The van der Waals surface area contributed by atoms with Gasteiger partial charge in [0.15, 0.2) is 0 Å². The average molecular weight is 403 g/mol. The Morgan fingerprint density at radius 2 is 1.72 bits per heavy atom. The lowest BCUT2D eigenvalue weighted by atomic mass is 9.87. The quantitative estimate of drug-likeness (QED) is 0.633. The van der Waals surface area contributed by atoms with Crippen molar-refractivity contribution >= 4 is 5.91 Å². The maximum atomic E-state index is 12.9. The first kappa shape index (κ1) is 19.8. The van der Waals surface area contributed by atoms with E-state index in [4.69, 9.17) is 4.74 Å². The van der Waals surface area contributed by atoms with Crippen molar-refractivity contribution in [3.8, 4) is 11.5 Å². The summed E-state index contributed by atoms with van der Waals surface area (Å²) in [5.41, 5.74) is 1.38. The molecular weight excluding hydrogens is 379 g/mol. The molecule has 1 aliphatic heterocycles. The fraction of sp³-hybridized carbons (Fsp3) is 0.435. The molecule has 0 spiro atoms. The molecule has 2 aromatic carbocycles. The van der Waals surface area contributed by atoms with Gasteiger partial charge in [0.2, 0.25) is 5.91 Å². The minimum atomic E-state index is -4.36. The first-order chi connectivity index (χ1) is 13.9. The molecule has 29 heavy (non-hydrogen) atoms. The van der Waals surface area contributed by atoms with Crippen LogP contribution in [-0.4, -0.2) is 17.4 Å². The van der Waals surface area contributed by atoms with E-state index in [0.29, 0.717) is 31.0 Å². The molecule has 2 aromatic rings. The molecule has 0 aromatic heterocycles. The molecule has 154 valence electrons. The van der Waals surface area contributed by atoms with Gasteiger partial charge in [-0.3, -0.25) is 4.79 Å². The second kappa shape index (κ2) is 8.09. The van der Waals surface area contributed by atoms with Crippen molar-refractivity contribution in [2.75, 3.05) is 6.54 Å². The van der Waals surface area contributed by atoms with E-state index in [0.717, 1.165) is 48.9 Å². The fourth-order valence-corrected chi connectivity index (χ4v) is 4.30. The summed E-state index contributed by atoms with van der Waals surface area (Å²) in [6.45, 7) is 1.21. The molecule has 1 amide bonds. The number of fused-ring (bicyclic) bond motifs is 1. The number of alkyl halides is 3. The van der Waals surface area contributed by atoms with Crippen molar-refractivity contribution in [2.24, 2.45) is 5.92 Å². The summed E-state index contributed by atoms with van der Waals surface area (Å²) in [5.74, 6) is 1.42. The topological polar surface area (TPSA) is 29.5 Å². The molecule has 0 bridgehead atoms. The Hall–Kier alpha value is -2.50. The van der Waals surface area contributed by atoms with Gasteiger partial charge < -0.3 is 9.64 Å². The van der Waals surface area contributed by atoms with Gasteiger partial charge >= 0.3 is 6.18 Å². The predicted molar refractivity (Wildman–Crippen MR) is 104 cm³/mol. The van der Waals surface area contributed by atoms with Crippen LogP contribution in [0.25, 0.3) is 0 Å². The van der Waals surface area contributed by atoms with Crippen molar-refractivity contribution in [2.45, 2.75) is 51.2 Å².